The van der Waals surface area contributed by atoms with Crippen molar-refractivity contribution in [2.75, 3.05) is 0 Å². The Kier molecular flexibility index (Phi) is 2.72. The van der Waals surface area contributed by atoms with Gasteiger partial charge in [-0.05, 0) is 54.1 Å². The fourth-order valence-electron chi connectivity index (χ4n) is 5.07. The van der Waals surface area contributed by atoms with Gasteiger partial charge >= 0.3 is 6.03 Å². The minimum Gasteiger partial charge on any atom is -0.323 e. The summed E-state index contributed by atoms with van der Waals surface area (Å²) in [4.78, 5) is 23.7. The summed E-state index contributed by atoms with van der Waals surface area (Å²) in [5.74, 6) is 0.985. The second kappa shape index (κ2) is 4.34. The Morgan fingerprint density at radius 1 is 1.05 bits per heavy atom. The van der Waals surface area contributed by atoms with Crippen LogP contribution in [0.1, 0.15) is 56.6 Å². The van der Waals surface area contributed by atoms with Crippen molar-refractivity contribution in [3.8, 4) is 0 Å². The van der Waals surface area contributed by atoms with Crippen LogP contribution in [0.3, 0.4) is 0 Å². The molecular weight excluding hydrogens is 276 g/mol. The molecule has 1 aliphatic heterocycles. The third-order valence-corrected chi connectivity index (χ3v) is 6.62. The van der Waals surface area contributed by atoms with E-state index in [2.05, 4.69) is 48.7 Å². The Balaban J connectivity index is 1.68. The highest BCUT2D eigenvalue weighted by Crippen LogP contribution is 2.58. The van der Waals surface area contributed by atoms with E-state index < -0.39 is 5.54 Å². The zero-order chi connectivity index (χ0) is 15.5. The first-order valence-corrected chi connectivity index (χ1v) is 8.22. The molecule has 1 saturated heterocycles. The van der Waals surface area contributed by atoms with Gasteiger partial charge in [-0.1, -0.05) is 38.1 Å². The first-order chi connectivity index (χ1) is 10.5. The Bertz CT molecular complexity index is 659. The number of hydrogen-bond donors (Lipinski definition) is 2. The molecule has 0 unspecified atom stereocenters. The van der Waals surface area contributed by atoms with Crippen molar-refractivity contribution in [3.05, 3.63) is 35.4 Å². The Morgan fingerprint density at radius 3 is 2.36 bits per heavy atom. The summed E-state index contributed by atoms with van der Waals surface area (Å²) < 4.78 is 0. The molecule has 1 heterocycles. The molecule has 3 amide bonds. The smallest absolute Gasteiger partial charge is 0.322 e. The van der Waals surface area contributed by atoms with Gasteiger partial charge in [-0.2, -0.15) is 0 Å². The van der Waals surface area contributed by atoms with Crippen molar-refractivity contribution < 1.29 is 9.59 Å². The van der Waals surface area contributed by atoms with Crippen LogP contribution >= 0.6 is 0 Å². The van der Waals surface area contributed by atoms with Gasteiger partial charge in [0.1, 0.15) is 5.54 Å². The standard InChI is InChI=1S/C18H22N2O2/c1-11-12(2)17(14-6-4-3-5-13(11)14)7-9-18(10-8-17)15(21)19-16(22)20-18/h3-6,11-12H,7-10H2,1-2H3,(H2,19,20,21,22)/t11-,12+,17?,18?/m0/s1. The highest BCUT2D eigenvalue weighted by atomic mass is 16.2. The van der Waals surface area contributed by atoms with Crippen LogP contribution in [0.5, 0.6) is 0 Å². The van der Waals surface area contributed by atoms with Crippen LogP contribution in [-0.4, -0.2) is 17.5 Å². The van der Waals surface area contributed by atoms with E-state index in [1.165, 1.54) is 11.1 Å². The summed E-state index contributed by atoms with van der Waals surface area (Å²) in [6, 6.07) is 8.42. The molecule has 0 bridgehead atoms. The van der Waals surface area contributed by atoms with E-state index in [0.717, 1.165) is 25.7 Å². The van der Waals surface area contributed by atoms with Gasteiger partial charge < -0.3 is 5.32 Å². The van der Waals surface area contributed by atoms with Crippen molar-refractivity contribution in [2.45, 2.75) is 56.4 Å². The number of fused-ring (bicyclic) bond motifs is 2. The minimum absolute atomic E-state index is 0.140. The molecule has 2 fully saturated rings. The number of nitrogens with one attached hydrogen (secondary N) is 2. The number of benzene rings is 1. The van der Waals surface area contributed by atoms with Crippen molar-refractivity contribution >= 4 is 11.9 Å². The topological polar surface area (TPSA) is 58.2 Å². The summed E-state index contributed by atoms with van der Waals surface area (Å²) in [6.45, 7) is 4.66. The molecule has 1 aromatic rings. The molecule has 4 nitrogen and oxygen atoms in total. The predicted molar refractivity (Wildman–Crippen MR) is 83.6 cm³/mol. The maximum absolute atomic E-state index is 12.2. The number of amides is 3. The van der Waals surface area contributed by atoms with Gasteiger partial charge in [-0.25, -0.2) is 4.79 Å². The number of carbonyl (C=O) groups excluding carboxylic acids is 2. The fourth-order valence-corrected chi connectivity index (χ4v) is 5.07. The maximum atomic E-state index is 12.2. The van der Waals surface area contributed by atoms with Crippen LogP contribution in [0, 0.1) is 5.92 Å². The molecule has 2 aliphatic carbocycles. The summed E-state index contributed by atoms with van der Waals surface area (Å²) in [6.07, 6.45) is 3.39. The zero-order valence-corrected chi connectivity index (χ0v) is 13.1. The van der Waals surface area contributed by atoms with E-state index in [0.29, 0.717) is 11.8 Å². The van der Waals surface area contributed by atoms with Crippen LogP contribution in [0.15, 0.2) is 24.3 Å². The molecule has 116 valence electrons. The fraction of sp³-hybridized carbons (Fsp3) is 0.556. The molecule has 2 spiro atoms. The molecule has 2 N–H and O–H groups in total. The average Bonchev–Trinajstić information content (AvgIpc) is 2.91. The Hall–Kier alpha value is -1.84. The monoisotopic (exact) mass is 298 g/mol. The molecule has 1 saturated carbocycles. The first-order valence-electron chi connectivity index (χ1n) is 8.22. The van der Waals surface area contributed by atoms with E-state index in [4.69, 9.17) is 0 Å². The Labute approximate surface area is 130 Å². The zero-order valence-electron chi connectivity index (χ0n) is 13.1. The molecule has 4 heteroatoms. The molecular formula is C18H22N2O2. The molecule has 2 atom stereocenters. The minimum atomic E-state index is -0.664. The van der Waals surface area contributed by atoms with Gasteiger partial charge in [0, 0.05) is 0 Å². The molecule has 3 aliphatic rings. The van der Waals surface area contributed by atoms with Crippen LogP contribution in [0.4, 0.5) is 4.79 Å². The average molecular weight is 298 g/mol. The summed E-state index contributed by atoms with van der Waals surface area (Å²) in [7, 11) is 0. The quantitative estimate of drug-likeness (QED) is 0.724. The number of urea groups is 1. The lowest BCUT2D eigenvalue weighted by molar-refractivity contribution is -0.125. The largest absolute Gasteiger partial charge is 0.323 e. The predicted octanol–water partition coefficient (Wildman–Crippen LogP) is 2.83. The second-order valence-electron chi connectivity index (χ2n) is 7.31. The number of hydrogen-bond acceptors (Lipinski definition) is 2. The Morgan fingerprint density at radius 2 is 1.73 bits per heavy atom. The normalized spacial score (nSPS) is 39.9. The lowest BCUT2D eigenvalue weighted by atomic mass is 9.60. The SMILES string of the molecule is C[C@@H]1c2ccccc2C2(CCC3(CC2)NC(=O)NC3=O)[C@@H]1C. The third kappa shape index (κ3) is 1.58. The van der Waals surface area contributed by atoms with Crippen molar-refractivity contribution in [1.82, 2.24) is 10.6 Å². The van der Waals surface area contributed by atoms with Gasteiger partial charge in [0.2, 0.25) is 0 Å². The highest BCUT2D eigenvalue weighted by Gasteiger charge is 2.56. The lowest BCUT2D eigenvalue weighted by Gasteiger charge is -2.45. The van der Waals surface area contributed by atoms with E-state index in [1.807, 2.05) is 0 Å². The van der Waals surface area contributed by atoms with Crippen molar-refractivity contribution in [1.29, 1.82) is 0 Å². The third-order valence-electron chi connectivity index (χ3n) is 6.62. The van der Waals surface area contributed by atoms with Gasteiger partial charge in [0.25, 0.3) is 5.91 Å². The number of carbonyl (C=O) groups is 2. The highest BCUT2D eigenvalue weighted by molar-refractivity contribution is 6.07. The van der Waals surface area contributed by atoms with Crippen molar-refractivity contribution in [3.63, 3.8) is 0 Å². The summed E-state index contributed by atoms with van der Waals surface area (Å²) in [5.41, 5.74) is 2.43. The number of imide groups is 1. The van der Waals surface area contributed by atoms with Gasteiger partial charge in [-0.3, -0.25) is 10.1 Å². The van der Waals surface area contributed by atoms with E-state index in [1.54, 1.807) is 0 Å². The summed E-state index contributed by atoms with van der Waals surface area (Å²) >= 11 is 0. The molecule has 0 radical (unpaired) electrons. The van der Waals surface area contributed by atoms with Crippen LogP contribution in [-0.2, 0) is 10.2 Å². The molecule has 0 aromatic heterocycles. The van der Waals surface area contributed by atoms with E-state index in [-0.39, 0.29) is 17.4 Å². The van der Waals surface area contributed by atoms with Gasteiger partial charge in [-0.15, -0.1) is 0 Å². The van der Waals surface area contributed by atoms with Gasteiger partial charge in [0.15, 0.2) is 0 Å². The van der Waals surface area contributed by atoms with Crippen LogP contribution in [0.2, 0.25) is 0 Å². The molecule has 22 heavy (non-hydrogen) atoms. The second-order valence-corrected chi connectivity index (χ2v) is 7.31. The van der Waals surface area contributed by atoms with Crippen LogP contribution in [0.25, 0.3) is 0 Å². The van der Waals surface area contributed by atoms with Crippen LogP contribution < -0.4 is 10.6 Å². The van der Waals surface area contributed by atoms with Crippen molar-refractivity contribution in [2.24, 2.45) is 5.92 Å². The first kappa shape index (κ1) is 13.8. The molecule has 1 aromatic carbocycles. The van der Waals surface area contributed by atoms with Gasteiger partial charge in [0.05, 0.1) is 0 Å². The lowest BCUT2D eigenvalue weighted by Crippen LogP contribution is -2.53. The number of rotatable bonds is 0. The maximum Gasteiger partial charge on any atom is 0.322 e. The van der Waals surface area contributed by atoms with E-state index in [9.17, 15) is 9.59 Å². The summed E-state index contributed by atoms with van der Waals surface area (Å²) in [5, 5.41) is 5.28. The molecule has 4 rings (SSSR count). The van der Waals surface area contributed by atoms with E-state index >= 15 is 0 Å².